The van der Waals surface area contributed by atoms with Crippen molar-refractivity contribution in [2.45, 2.75) is 126 Å². The van der Waals surface area contributed by atoms with Crippen molar-refractivity contribution in [3.63, 3.8) is 0 Å². The van der Waals surface area contributed by atoms with Crippen LogP contribution in [0.15, 0.2) is 11.6 Å². The second-order valence-corrected chi connectivity index (χ2v) is 14.4. The van der Waals surface area contributed by atoms with Crippen molar-refractivity contribution in [1.82, 2.24) is 0 Å². The van der Waals surface area contributed by atoms with Crippen molar-refractivity contribution in [2.75, 3.05) is 0 Å². The molecule has 0 aliphatic heterocycles. The number of ether oxygens (including phenoxy) is 1. The molecule has 4 saturated carbocycles. The molecule has 4 aliphatic rings. The van der Waals surface area contributed by atoms with Crippen LogP contribution in [0.4, 0.5) is 0 Å². The summed E-state index contributed by atoms with van der Waals surface area (Å²) in [5, 5.41) is 0. The molecule has 0 heterocycles. The Kier molecular flexibility index (Phi) is 6.88. The monoisotopic (exact) mass is 490 g/mol. The molecular formula is C31H51ClO2. The van der Waals surface area contributed by atoms with E-state index in [0.717, 1.165) is 18.3 Å². The summed E-state index contributed by atoms with van der Waals surface area (Å²) in [5.41, 5.74) is 3.23. The highest BCUT2D eigenvalue weighted by atomic mass is 35.5. The fourth-order valence-electron chi connectivity index (χ4n) is 11.0. The van der Waals surface area contributed by atoms with Crippen molar-refractivity contribution in [1.29, 1.82) is 0 Å². The van der Waals surface area contributed by atoms with E-state index in [1.807, 2.05) is 5.54 Å². The van der Waals surface area contributed by atoms with Gasteiger partial charge in [-0.15, -0.1) is 0 Å². The van der Waals surface area contributed by atoms with Gasteiger partial charge >= 0.3 is 5.97 Å². The minimum absolute atomic E-state index is 0.0407. The van der Waals surface area contributed by atoms with E-state index < -0.39 is 0 Å². The molecule has 0 N–H and O–H groups in total. The van der Waals surface area contributed by atoms with Crippen LogP contribution in [0.1, 0.15) is 120 Å². The Balaban J connectivity index is 1.67. The summed E-state index contributed by atoms with van der Waals surface area (Å²) in [6, 6.07) is 0. The minimum atomic E-state index is -0.118. The Bertz CT molecular complexity index is 818. The first-order chi connectivity index (χ1) is 15.8. The number of rotatable bonds is 4. The average Bonchev–Trinajstić information content (AvgIpc) is 2.74. The van der Waals surface area contributed by atoms with Gasteiger partial charge in [0.15, 0.2) is 0 Å². The molecule has 0 bridgehead atoms. The van der Waals surface area contributed by atoms with Gasteiger partial charge in [-0.1, -0.05) is 72.6 Å². The second kappa shape index (κ2) is 8.81. The molecule has 0 amide bonds. The van der Waals surface area contributed by atoms with Crippen molar-refractivity contribution < 1.29 is 9.53 Å². The van der Waals surface area contributed by atoms with Gasteiger partial charge in [-0.05, 0) is 103 Å². The zero-order chi connectivity index (χ0) is 25.2. The van der Waals surface area contributed by atoms with Gasteiger partial charge in [0.25, 0.3) is 0 Å². The molecule has 0 aromatic heterocycles. The van der Waals surface area contributed by atoms with Gasteiger partial charge in [0, 0.05) is 17.9 Å². The summed E-state index contributed by atoms with van der Waals surface area (Å²) in [4.78, 5) is 11.9. The highest BCUT2D eigenvalue weighted by Gasteiger charge is 2.69. The maximum Gasteiger partial charge on any atom is 0.302 e. The van der Waals surface area contributed by atoms with Crippen LogP contribution in [-0.2, 0) is 9.53 Å². The van der Waals surface area contributed by atoms with Gasteiger partial charge in [-0.2, -0.15) is 0 Å². The smallest absolute Gasteiger partial charge is 0.302 e. The quantitative estimate of drug-likeness (QED) is 0.367. The summed E-state index contributed by atoms with van der Waals surface area (Å²) < 4.78 is 5.89. The first kappa shape index (κ1) is 26.6. The number of hydrogen-bond acceptors (Lipinski definition) is 2. The molecule has 0 aromatic rings. The van der Waals surface area contributed by atoms with Crippen molar-refractivity contribution >= 4 is 17.6 Å². The number of carbonyl (C=O) groups excluding carboxylic acids is 1. The zero-order valence-electron chi connectivity index (χ0n) is 23.3. The molecule has 0 spiro atoms. The van der Waals surface area contributed by atoms with Crippen LogP contribution in [0.25, 0.3) is 0 Å². The van der Waals surface area contributed by atoms with Gasteiger partial charge in [0.1, 0.15) is 6.10 Å². The molecule has 194 valence electrons. The first-order valence-electron chi connectivity index (χ1n) is 14.3. The predicted octanol–water partition coefficient (Wildman–Crippen LogP) is 9.16. The third kappa shape index (κ3) is 3.58. The summed E-state index contributed by atoms with van der Waals surface area (Å²) >= 11 is 6.23. The van der Waals surface area contributed by atoms with E-state index in [2.05, 4.69) is 54.5 Å². The third-order valence-corrected chi connectivity index (χ3v) is 13.0. The lowest BCUT2D eigenvalue weighted by Gasteiger charge is -2.73. The van der Waals surface area contributed by atoms with Crippen LogP contribution in [0, 0.1) is 50.7 Å². The largest absolute Gasteiger partial charge is 0.462 e. The molecule has 4 rings (SSSR count). The van der Waals surface area contributed by atoms with Crippen LogP contribution >= 0.6 is 11.6 Å². The molecule has 0 saturated heterocycles. The fourth-order valence-corrected chi connectivity index (χ4v) is 11.3. The minimum Gasteiger partial charge on any atom is -0.462 e. The number of carbonyl (C=O) groups is 1. The van der Waals surface area contributed by atoms with E-state index in [-0.39, 0.29) is 22.9 Å². The summed E-state index contributed by atoms with van der Waals surface area (Å²) in [6.45, 7) is 19.2. The summed E-state index contributed by atoms with van der Waals surface area (Å²) in [5.74, 6) is 2.71. The molecule has 3 heteroatoms. The lowest BCUT2D eigenvalue weighted by molar-refractivity contribution is -0.246. The standard InChI is InChI=1S/C31H51ClO2/c1-9-14-31(19-20-32)18-17-29(7)23(21(31)2)10-11-25-28(6)15-13-26(34-22(3)33)27(4,5)24(28)12-16-30(25,29)8/h19-21,23-26H,9-18H2,1-8H3/b20-19+/t21?,23?,24?,25?,26-,28-,29+,30+,31?/m0/s1. The van der Waals surface area contributed by atoms with E-state index in [0.29, 0.717) is 28.1 Å². The van der Waals surface area contributed by atoms with Gasteiger partial charge in [0.2, 0.25) is 0 Å². The molecule has 4 aliphatic carbocycles. The molecule has 0 aromatic carbocycles. The Morgan fingerprint density at radius 2 is 1.65 bits per heavy atom. The molecule has 0 radical (unpaired) electrons. The first-order valence-corrected chi connectivity index (χ1v) is 14.7. The maximum atomic E-state index is 11.9. The zero-order valence-corrected chi connectivity index (χ0v) is 24.1. The van der Waals surface area contributed by atoms with E-state index in [1.165, 1.54) is 57.8 Å². The van der Waals surface area contributed by atoms with Gasteiger partial charge < -0.3 is 4.74 Å². The van der Waals surface area contributed by atoms with E-state index in [9.17, 15) is 4.79 Å². The number of allylic oxidation sites excluding steroid dienone is 1. The van der Waals surface area contributed by atoms with Crippen LogP contribution in [0.3, 0.4) is 0 Å². The fraction of sp³-hybridized carbons (Fsp3) is 0.903. The van der Waals surface area contributed by atoms with Crippen molar-refractivity contribution in [3.05, 3.63) is 11.6 Å². The Hall–Kier alpha value is -0.500. The Morgan fingerprint density at radius 1 is 0.941 bits per heavy atom. The van der Waals surface area contributed by atoms with E-state index in [1.54, 1.807) is 6.92 Å². The van der Waals surface area contributed by atoms with Gasteiger partial charge in [-0.25, -0.2) is 0 Å². The van der Waals surface area contributed by atoms with Crippen LogP contribution in [0.2, 0.25) is 0 Å². The molecule has 9 atom stereocenters. The lowest BCUT2D eigenvalue weighted by atomic mass is 9.32. The van der Waals surface area contributed by atoms with Crippen LogP contribution < -0.4 is 0 Å². The van der Waals surface area contributed by atoms with Crippen molar-refractivity contribution in [3.8, 4) is 0 Å². The number of fused-ring (bicyclic) bond motifs is 5. The number of esters is 1. The average molecular weight is 491 g/mol. The molecular weight excluding hydrogens is 440 g/mol. The lowest BCUT2D eigenvalue weighted by Crippen LogP contribution is -2.66. The Morgan fingerprint density at radius 3 is 2.26 bits per heavy atom. The van der Waals surface area contributed by atoms with Crippen LogP contribution in [0.5, 0.6) is 0 Å². The molecule has 5 unspecified atom stereocenters. The van der Waals surface area contributed by atoms with Crippen molar-refractivity contribution in [2.24, 2.45) is 50.7 Å². The highest BCUT2D eigenvalue weighted by molar-refractivity contribution is 6.25. The third-order valence-electron chi connectivity index (χ3n) is 12.9. The number of halogens is 1. The summed E-state index contributed by atoms with van der Waals surface area (Å²) in [7, 11) is 0. The number of hydrogen-bond donors (Lipinski definition) is 0. The SMILES string of the molecule is CCCC1(/C=C/Cl)CC[C@]2(C)C(CCC3[C@@]4(C)CC[C@H](OC(C)=O)C(C)(C)C4CC[C@]32C)C1C. The predicted molar refractivity (Wildman–Crippen MR) is 143 cm³/mol. The van der Waals surface area contributed by atoms with Gasteiger partial charge in [-0.3, -0.25) is 4.79 Å². The molecule has 34 heavy (non-hydrogen) atoms. The second-order valence-electron chi connectivity index (χ2n) is 14.2. The van der Waals surface area contributed by atoms with Gasteiger partial charge in [0.05, 0.1) is 0 Å². The molecule has 4 fully saturated rings. The topological polar surface area (TPSA) is 26.3 Å². The van der Waals surface area contributed by atoms with E-state index in [4.69, 9.17) is 16.3 Å². The Labute approximate surface area is 215 Å². The highest BCUT2D eigenvalue weighted by Crippen LogP contribution is 2.76. The summed E-state index contributed by atoms with van der Waals surface area (Å²) in [6.07, 6.45) is 15.0. The molecule has 2 nitrogen and oxygen atoms in total. The van der Waals surface area contributed by atoms with E-state index >= 15 is 0 Å². The van der Waals surface area contributed by atoms with Crippen LogP contribution in [-0.4, -0.2) is 12.1 Å². The normalized spacial score (nSPS) is 50.2. The maximum absolute atomic E-state index is 11.9.